The number of urea groups is 1. The fourth-order valence-electron chi connectivity index (χ4n) is 2.06. The summed E-state index contributed by atoms with van der Waals surface area (Å²) in [5.74, 6) is 5.54. The third-order valence-electron chi connectivity index (χ3n) is 3.21. The summed E-state index contributed by atoms with van der Waals surface area (Å²) in [4.78, 5) is 25.1. The fraction of sp³-hybridized carbons (Fsp3) is 0.375. The molecule has 2 N–H and O–H groups in total. The molecule has 0 unspecified atom stereocenters. The van der Waals surface area contributed by atoms with E-state index in [-0.39, 0.29) is 25.1 Å². The van der Waals surface area contributed by atoms with Crippen LogP contribution < -0.4 is 5.32 Å². The van der Waals surface area contributed by atoms with Crippen molar-refractivity contribution in [2.24, 2.45) is 0 Å². The van der Waals surface area contributed by atoms with E-state index in [1.807, 2.05) is 24.3 Å². The van der Waals surface area contributed by atoms with Gasteiger partial charge in [0.05, 0.1) is 13.2 Å². The van der Waals surface area contributed by atoms with Gasteiger partial charge in [-0.3, -0.25) is 9.69 Å². The van der Waals surface area contributed by atoms with E-state index in [2.05, 4.69) is 17.2 Å². The van der Waals surface area contributed by atoms with Gasteiger partial charge in [-0.1, -0.05) is 24.0 Å². The van der Waals surface area contributed by atoms with Gasteiger partial charge in [-0.05, 0) is 31.5 Å². The van der Waals surface area contributed by atoms with Gasteiger partial charge in [0.15, 0.2) is 0 Å². The second kappa shape index (κ2) is 5.98. The van der Waals surface area contributed by atoms with Crippen molar-refractivity contribution in [3.8, 4) is 11.8 Å². The lowest BCUT2D eigenvalue weighted by atomic mass is 10.1. The molecule has 0 spiro atoms. The van der Waals surface area contributed by atoms with Gasteiger partial charge >= 0.3 is 6.03 Å². The van der Waals surface area contributed by atoms with Crippen LogP contribution in [0.3, 0.4) is 0 Å². The lowest BCUT2D eigenvalue weighted by molar-refractivity contribution is -0.130. The molecule has 21 heavy (non-hydrogen) atoms. The van der Waals surface area contributed by atoms with E-state index in [0.29, 0.717) is 6.42 Å². The minimum atomic E-state index is -0.840. The molecular weight excluding hydrogens is 268 g/mol. The van der Waals surface area contributed by atoms with Gasteiger partial charge < -0.3 is 10.4 Å². The lowest BCUT2D eigenvalue weighted by Gasteiger charge is -2.16. The summed E-state index contributed by atoms with van der Waals surface area (Å²) in [5, 5.41) is 11.3. The first-order valence-electron chi connectivity index (χ1n) is 6.77. The van der Waals surface area contributed by atoms with Crippen LogP contribution >= 0.6 is 0 Å². The highest BCUT2D eigenvalue weighted by molar-refractivity contribution is 6.06. The quantitative estimate of drug-likeness (QED) is 0.649. The zero-order valence-corrected chi connectivity index (χ0v) is 12.1. The second-order valence-electron chi connectivity index (χ2n) is 5.42. The monoisotopic (exact) mass is 286 g/mol. The van der Waals surface area contributed by atoms with Gasteiger partial charge in [0.2, 0.25) is 0 Å². The molecule has 1 aliphatic rings. The second-order valence-corrected chi connectivity index (χ2v) is 5.42. The average Bonchev–Trinajstić information content (AvgIpc) is 2.63. The van der Waals surface area contributed by atoms with Crippen LogP contribution in [0.25, 0.3) is 0 Å². The van der Waals surface area contributed by atoms with Crippen molar-refractivity contribution >= 4 is 11.9 Å². The van der Waals surface area contributed by atoms with Crippen molar-refractivity contribution in [2.75, 3.05) is 6.61 Å². The zero-order valence-electron chi connectivity index (χ0n) is 12.1. The Labute approximate surface area is 124 Å². The molecule has 5 heteroatoms. The van der Waals surface area contributed by atoms with Crippen LogP contribution in [0.1, 0.15) is 31.4 Å². The SMILES string of the molecule is CC1(C)NC(=O)N(Cc2ccc(C#CCCO)cc2)C1=O. The van der Waals surface area contributed by atoms with Crippen LogP contribution in [0.4, 0.5) is 4.79 Å². The van der Waals surface area contributed by atoms with Gasteiger partial charge in [0, 0.05) is 12.0 Å². The summed E-state index contributed by atoms with van der Waals surface area (Å²) in [7, 11) is 0. The summed E-state index contributed by atoms with van der Waals surface area (Å²) in [6, 6.07) is 6.99. The maximum atomic E-state index is 12.1. The molecule has 0 aromatic heterocycles. The molecule has 0 aliphatic carbocycles. The van der Waals surface area contributed by atoms with E-state index in [1.165, 1.54) is 4.90 Å². The lowest BCUT2D eigenvalue weighted by Crippen LogP contribution is -2.40. The summed E-state index contributed by atoms with van der Waals surface area (Å²) in [6.07, 6.45) is 0.444. The number of rotatable bonds is 3. The molecule has 0 radical (unpaired) electrons. The van der Waals surface area contributed by atoms with E-state index < -0.39 is 5.54 Å². The first-order valence-corrected chi connectivity index (χ1v) is 6.77. The number of benzene rings is 1. The van der Waals surface area contributed by atoms with Gasteiger partial charge in [-0.15, -0.1) is 0 Å². The summed E-state index contributed by atoms with van der Waals surface area (Å²) < 4.78 is 0. The van der Waals surface area contributed by atoms with E-state index in [0.717, 1.165) is 11.1 Å². The van der Waals surface area contributed by atoms with Gasteiger partial charge in [-0.2, -0.15) is 0 Å². The smallest absolute Gasteiger partial charge is 0.325 e. The Kier molecular flexibility index (Phi) is 4.29. The molecule has 1 aromatic carbocycles. The molecule has 1 aromatic rings. The minimum Gasteiger partial charge on any atom is -0.395 e. The number of aliphatic hydroxyl groups excluding tert-OH is 1. The number of nitrogens with zero attached hydrogens (tertiary/aromatic N) is 1. The minimum absolute atomic E-state index is 0.0487. The Morgan fingerprint density at radius 1 is 1.24 bits per heavy atom. The van der Waals surface area contributed by atoms with Crippen LogP contribution in [0, 0.1) is 11.8 Å². The number of hydrogen-bond donors (Lipinski definition) is 2. The molecule has 0 saturated carbocycles. The van der Waals surface area contributed by atoms with Gasteiger partial charge in [-0.25, -0.2) is 4.79 Å². The molecule has 2 rings (SSSR count). The maximum absolute atomic E-state index is 12.1. The molecule has 1 saturated heterocycles. The third kappa shape index (κ3) is 3.41. The van der Waals surface area contributed by atoms with E-state index >= 15 is 0 Å². The van der Waals surface area contributed by atoms with Crippen LogP contribution in [0.15, 0.2) is 24.3 Å². The zero-order chi connectivity index (χ0) is 15.5. The number of aliphatic hydroxyl groups is 1. The highest BCUT2D eigenvalue weighted by atomic mass is 16.3. The van der Waals surface area contributed by atoms with Crippen LogP contribution in [0.2, 0.25) is 0 Å². The fourth-order valence-corrected chi connectivity index (χ4v) is 2.06. The van der Waals surface area contributed by atoms with Crippen molar-refractivity contribution in [2.45, 2.75) is 32.4 Å². The summed E-state index contributed by atoms with van der Waals surface area (Å²) in [5.41, 5.74) is 0.862. The van der Waals surface area contributed by atoms with Gasteiger partial charge in [0.1, 0.15) is 5.54 Å². The van der Waals surface area contributed by atoms with E-state index in [1.54, 1.807) is 13.8 Å². The summed E-state index contributed by atoms with van der Waals surface area (Å²) in [6.45, 7) is 3.67. The molecule has 0 bridgehead atoms. The highest BCUT2D eigenvalue weighted by Gasteiger charge is 2.43. The highest BCUT2D eigenvalue weighted by Crippen LogP contribution is 2.19. The van der Waals surface area contributed by atoms with E-state index in [9.17, 15) is 9.59 Å². The van der Waals surface area contributed by atoms with Crippen LogP contribution in [0.5, 0.6) is 0 Å². The normalized spacial score (nSPS) is 16.4. The van der Waals surface area contributed by atoms with Crippen molar-refractivity contribution in [1.82, 2.24) is 10.2 Å². The Morgan fingerprint density at radius 3 is 2.43 bits per heavy atom. The molecule has 5 nitrogen and oxygen atoms in total. The molecule has 110 valence electrons. The van der Waals surface area contributed by atoms with Crippen molar-refractivity contribution in [3.63, 3.8) is 0 Å². The third-order valence-corrected chi connectivity index (χ3v) is 3.21. The number of carbonyl (C=O) groups is 2. The maximum Gasteiger partial charge on any atom is 0.325 e. The Hall–Kier alpha value is -2.32. The number of hydrogen-bond acceptors (Lipinski definition) is 3. The molecule has 3 amide bonds. The first kappa shape index (κ1) is 15.1. The molecule has 0 atom stereocenters. The molecule has 1 heterocycles. The first-order chi connectivity index (χ1) is 9.94. The van der Waals surface area contributed by atoms with Gasteiger partial charge in [0.25, 0.3) is 5.91 Å². The predicted octanol–water partition coefficient (Wildman–Crippen LogP) is 1.25. The van der Waals surface area contributed by atoms with Crippen LogP contribution in [-0.2, 0) is 11.3 Å². The Bertz CT molecular complexity index is 609. The molecule has 1 aliphatic heterocycles. The largest absolute Gasteiger partial charge is 0.395 e. The standard InChI is InChI=1S/C16H18N2O3/c1-16(2)14(20)18(15(21)17-16)11-13-8-6-12(7-9-13)5-3-4-10-19/h6-9,19H,4,10-11H2,1-2H3,(H,17,21). The average molecular weight is 286 g/mol. The van der Waals surface area contributed by atoms with E-state index in [4.69, 9.17) is 5.11 Å². The Balaban J connectivity index is 2.06. The molecule has 1 fully saturated rings. The number of carbonyl (C=O) groups excluding carboxylic acids is 2. The topological polar surface area (TPSA) is 69.6 Å². The molecular formula is C16H18N2O3. The summed E-state index contributed by atoms with van der Waals surface area (Å²) >= 11 is 0. The van der Waals surface area contributed by atoms with Crippen LogP contribution in [-0.4, -0.2) is 34.1 Å². The predicted molar refractivity (Wildman–Crippen MR) is 78.2 cm³/mol. The Morgan fingerprint density at radius 2 is 1.90 bits per heavy atom. The van der Waals surface area contributed by atoms with Crippen molar-refractivity contribution in [1.29, 1.82) is 0 Å². The van der Waals surface area contributed by atoms with Crippen molar-refractivity contribution < 1.29 is 14.7 Å². The number of imide groups is 1. The van der Waals surface area contributed by atoms with Crippen molar-refractivity contribution in [3.05, 3.63) is 35.4 Å². The number of nitrogens with one attached hydrogen (secondary N) is 1. The number of amides is 3.